The van der Waals surface area contributed by atoms with Crippen LogP contribution >= 0.6 is 0 Å². The molecule has 0 amide bonds. The number of hydrogen-bond donors (Lipinski definition) is 1. The third-order valence-electron chi connectivity index (χ3n) is 4.80. The van der Waals surface area contributed by atoms with Gasteiger partial charge < -0.3 is 10.5 Å². The Morgan fingerprint density at radius 3 is 2.55 bits per heavy atom. The standard InChI is InChI=1S/C15H29N3O2/c1-4-20-14(19)15(16)6-5-13(11-15)18-9-7-17(8-10-18)12(2)3/h12-13H,4-11,16H2,1-3H3. The van der Waals surface area contributed by atoms with Gasteiger partial charge in [0.15, 0.2) is 0 Å². The second-order valence-electron chi connectivity index (χ2n) is 6.44. The zero-order chi connectivity index (χ0) is 14.8. The third-order valence-corrected chi connectivity index (χ3v) is 4.80. The van der Waals surface area contributed by atoms with Gasteiger partial charge in [-0.3, -0.25) is 14.6 Å². The summed E-state index contributed by atoms with van der Waals surface area (Å²) in [5, 5.41) is 0. The van der Waals surface area contributed by atoms with Crippen molar-refractivity contribution in [2.24, 2.45) is 5.73 Å². The number of carbonyl (C=O) groups is 1. The normalized spacial score (nSPS) is 32.8. The first-order valence-corrected chi connectivity index (χ1v) is 7.90. The molecule has 20 heavy (non-hydrogen) atoms. The molecule has 2 fully saturated rings. The van der Waals surface area contributed by atoms with Crippen molar-refractivity contribution >= 4 is 5.97 Å². The third kappa shape index (κ3) is 3.32. The summed E-state index contributed by atoms with van der Waals surface area (Å²) in [6.45, 7) is 11.1. The van der Waals surface area contributed by atoms with Gasteiger partial charge in [-0.25, -0.2) is 0 Å². The summed E-state index contributed by atoms with van der Waals surface area (Å²) in [6, 6.07) is 1.06. The highest BCUT2D eigenvalue weighted by Crippen LogP contribution is 2.32. The Labute approximate surface area is 122 Å². The van der Waals surface area contributed by atoms with Gasteiger partial charge in [0.05, 0.1) is 6.61 Å². The number of rotatable bonds is 4. The van der Waals surface area contributed by atoms with E-state index in [0.717, 1.165) is 45.4 Å². The van der Waals surface area contributed by atoms with Gasteiger partial charge in [0.25, 0.3) is 0 Å². The van der Waals surface area contributed by atoms with Crippen molar-refractivity contribution in [2.75, 3.05) is 32.8 Å². The van der Waals surface area contributed by atoms with Gasteiger partial charge in [0, 0.05) is 38.3 Å². The zero-order valence-corrected chi connectivity index (χ0v) is 13.1. The zero-order valence-electron chi connectivity index (χ0n) is 13.1. The monoisotopic (exact) mass is 283 g/mol. The van der Waals surface area contributed by atoms with E-state index in [1.54, 1.807) is 0 Å². The van der Waals surface area contributed by atoms with Crippen molar-refractivity contribution in [1.29, 1.82) is 0 Å². The van der Waals surface area contributed by atoms with E-state index in [1.807, 2.05) is 6.92 Å². The molecule has 0 aromatic carbocycles. The maximum absolute atomic E-state index is 12.0. The molecule has 5 nitrogen and oxygen atoms in total. The highest BCUT2D eigenvalue weighted by atomic mass is 16.5. The van der Waals surface area contributed by atoms with E-state index < -0.39 is 5.54 Å². The predicted octanol–water partition coefficient (Wildman–Crippen LogP) is 0.826. The molecule has 2 unspecified atom stereocenters. The lowest BCUT2D eigenvalue weighted by Gasteiger charge is -2.40. The molecule has 0 aromatic heterocycles. The average molecular weight is 283 g/mol. The van der Waals surface area contributed by atoms with Crippen LogP contribution in [0.3, 0.4) is 0 Å². The molecule has 1 saturated heterocycles. The summed E-state index contributed by atoms with van der Waals surface area (Å²) in [6.07, 6.45) is 2.51. The minimum absolute atomic E-state index is 0.219. The predicted molar refractivity (Wildman–Crippen MR) is 79.5 cm³/mol. The van der Waals surface area contributed by atoms with E-state index >= 15 is 0 Å². The van der Waals surface area contributed by atoms with Crippen LogP contribution in [0.25, 0.3) is 0 Å². The Morgan fingerprint density at radius 2 is 2.00 bits per heavy atom. The fourth-order valence-corrected chi connectivity index (χ4v) is 3.44. The first-order chi connectivity index (χ1) is 9.46. The highest BCUT2D eigenvalue weighted by Gasteiger charge is 2.45. The van der Waals surface area contributed by atoms with Crippen LogP contribution in [0.1, 0.15) is 40.0 Å². The molecule has 2 rings (SSSR count). The number of nitrogens with zero attached hydrogens (tertiary/aromatic N) is 2. The maximum atomic E-state index is 12.0. The van der Waals surface area contributed by atoms with Gasteiger partial charge in [0.1, 0.15) is 5.54 Å². The van der Waals surface area contributed by atoms with Crippen LogP contribution in [0.15, 0.2) is 0 Å². The van der Waals surface area contributed by atoms with Crippen molar-refractivity contribution in [3.05, 3.63) is 0 Å². The van der Waals surface area contributed by atoms with E-state index in [0.29, 0.717) is 18.7 Å². The van der Waals surface area contributed by atoms with E-state index in [9.17, 15) is 4.79 Å². The second kappa shape index (κ2) is 6.41. The van der Waals surface area contributed by atoms with E-state index in [1.165, 1.54) is 0 Å². The minimum atomic E-state index is -0.754. The van der Waals surface area contributed by atoms with Gasteiger partial charge in [-0.1, -0.05) is 0 Å². The first-order valence-electron chi connectivity index (χ1n) is 7.90. The minimum Gasteiger partial charge on any atom is -0.465 e. The SMILES string of the molecule is CCOC(=O)C1(N)CCC(N2CCN(C(C)C)CC2)C1. The van der Waals surface area contributed by atoms with Crippen molar-refractivity contribution < 1.29 is 9.53 Å². The van der Waals surface area contributed by atoms with Gasteiger partial charge >= 0.3 is 5.97 Å². The lowest BCUT2D eigenvalue weighted by molar-refractivity contribution is -0.149. The number of hydrogen-bond acceptors (Lipinski definition) is 5. The van der Waals surface area contributed by atoms with Crippen LogP contribution in [0, 0.1) is 0 Å². The van der Waals surface area contributed by atoms with Crippen molar-refractivity contribution in [1.82, 2.24) is 9.80 Å². The lowest BCUT2D eigenvalue weighted by Crippen LogP contribution is -2.53. The average Bonchev–Trinajstić information content (AvgIpc) is 2.83. The van der Waals surface area contributed by atoms with Crippen molar-refractivity contribution in [3.63, 3.8) is 0 Å². The molecule has 0 aromatic rings. The van der Waals surface area contributed by atoms with E-state index in [-0.39, 0.29) is 5.97 Å². The Kier molecular flexibility index (Phi) is 5.04. The van der Waals surface area contributed by atoms with Crippen LogP contribution in [0.2, 0.25) is 0 Å². The largest absolute Gasteiger partial charge is 0.465 e. The summed E-state index contributed by atoms with van der Waals surface area (Å²) in [5.41, 5.74) is 5.50. The molecule has 116 valence electrons. The molecule has 2 N–H and O–H groups in total. The Hall–Kier alpha value is -0.650. The number of carbonyl (C=O) groups excluding carboxylic acids is 1. The van der Waals surface area contributed by atoms with E-state index in [2.05, 4.69) is 23.6 Å². The lowest BCUT2D eigenvalue weighted by atomic mass is 9.99. The first kappa shape index (κ1) is 15.7. The molecule has 0 spiro atoms. The van der Waals surface area contributed by atoms with Gasteiger partial charge in [-0.2, -0.15) is 0 Å². The highest BCUT2D eigenvalue weighted by molar-refractivity contribution is 5.81. The Balaban J connectivity index is 1.86. The van der Waals surface area contributed by atoms with Crippen LogP contribution in [-0.2, 0) is 9.53 Å². The fourth-order valence-electron chi connectivity index (χ4n) is 3.44. The van der Waals surface area contributed by atoms with Gasteiger partial charge in [-0.05, 0) is 40.0 Å². The van der Waals surface area contributed by atoms with E-state index in [4.69, 9.17) is 10.5 Å². The molecule has 1 heterocycles. The molecule has 1 aliphatic heterocycles. The number of ether oxygens (including phenoxy) is 1. The molecule has 1 aliphatic carbocycles. The molecular formula is C15H29N3O2. The molecule has 0 bridgehead atoms. The van der Waals surface area contributed by atoms with Crippen LogP contribution in [0.5, 0.6) is 0 Å². The van der Waals surface area contributed by atoms with Crippen molar-refractivity contribution in [3.8, 4) is 0 Å². The molecular weight excluding hydrogens is 254 g/mol. The number of nitrogens with two attached hydrogens (primary N) is 1. The summed E-state index contributed by atoms with van der Waals surface area (Å²) >= 11 is 0. The fraction of sp³-hybridized carbons (Fsp3) is 0.933. The summed E-state index contributed by atoms with van der Waals surface area (Å²) in [4.78, 5) is 17.0. The number of piperazine rings is 1. The quantitative estimate of drug-likeness (QED) is 0.774. The smallest absolute Gasteiger partial charge is 0.326 e. The van der Waals surface area contributed by atoms with Gasteiger partial charge in [-0.15, -0.1) is 0 Å². The van der Waals surface area contributed by atoms with Crippen LogP contribution < -0.4 is 5.73 Å². The van der Waals surface area contributed by atoms with Gasteiger partial charge in [0.2, 0.25) is 0 Å². The topological polar surface area (TPSA) is 58.8 Å². The van der Waals surface area contributed by atoms with Crippen LogP contribution in [0.4, 0.5) is 0 Å². The molecule has 2 atom stereocenters. The Bertz CT molecular complexity index is 340. The molecule has 0 radical (unpaired) electrons. The maximum Gasteiger partial charge on any atom is 0.326 e. The molecule has 5 heteroatoms. The molecule has 1 saturated carbocycles. The summed E-state index contributed by atoms with van der Waals surface area (Å²) in [5.74, 6) is -0.219. The van der Waals surface area contributed by atoms with Crippen molar-refractivity contribution in [2.45, 2.75) is 57.7 Å². The number of esters is 1. The summed E-state index contributed by atoms with van der Waals surface area (Å²) < 4.78 is 5.12. The van der Waals surface area contributed by atoms with Crippen LogP contribution in [-0.4, -0.2) is 66.2 Å². The Morgan fingerprint density at radius 1 is 1.35 bits per heavy atom. The summed E-state index contributed by atoms with van der Waals surface area (Å²) in [7, 11) is 0. The second-order valence-corrected chi connectivity index (χ2v) is 6.44. The molecule has 2 aliphatic rings.